The molecule has 7 nitrogen and oxygen atoms in total. The van der Waals surface area contributed by atoms with Gasteiger partial charge < -0.3 is 9.15 Å². The van der Waals surface area contributed by atoms with Crippen LogP contribution in [0.1, 0.15) is 42.2 Å². The van der Waals surface area contributed by atoms with E-state index in [9.17, 15) is 9.59 Å². The fourth-order valence-corrected chi connectivity index (χ4v) is 2.96. The average Bonchev–Trinajstić information content (AvgIpc) is 3.14. The van der Waals surface area contributed by atoms with Crippen molar-refractivity contribution < 1.29 is 13.9 Å². The molecule has 138 valence electrons. The summed E-state index contributed by atoms with van der Waals surface area (Å²) in [6.45, 7) is 6.91. The van der Waals surface area contributed by atoms with Crippen LogP contribution < -0.4 is 5.69 Å². The van der Waals surface area contributed by atoms with Gasteiger partial charge in [-0.05, 0) is 30.5 Å². The first kappa shape index (κ1) is 18.0. The summed E-state index contributed by atoms with van der Waals surface area (Å²) < 4.78 is 13.4. The zero-order valence-corrected chi connectivity index (χ0v) is 15.5. The minimum Gasteiger partial charge on any atom is -0.465 e. The lowest BCUT2D eigenvalue weighted by Crippen LogP contribution is -2.25. The molecule has 0 fully saturated rings. The third-order valence-electron chi connectivity index (χ3n) is 4.36. The lowest BCUT2D eigenvalue weighted by Gasteiger charge is -2.06. The van der Waals surface area contributed by atoms with Crippen LogP contribution in [-0.4, -0.2) is 27.2 Å². The third kappa shape index (κ3) is 3.42. The number of hydrogen-bond acceptors (Lipinski definition) is 5. The van der Waals surface area contributed by atoms with E-state index >= 15 is 0 Å². The number of rotatable bonds is 6. The van der Waals surface area contributed by atoms with Gasteiger partial charge in [0.25, 0.3) is 0 Å². The third-order valence-corrected chi connectivity index (χ3v) is 4.36. The van der Waals surface area contributed by atoms with E-state index in [0.717, 1.165) is 11.9 Å². The quantitative estimate of drug-likeness (QED) is 0.634. The summed E-state index contributed by atoms with van der Waals surface area (Å²) in [7, 11) is 1.34. The first-order valence-corrected chi connectivity index (χ1v) is 8.63. The number of hydrogen-bond donors (Lipinski definition) is 0. The summed E-state index contributed by atoms with van der Waals surface area (Å²) in [5.41, 5.74) is 2.43. The molecule has 7 heteroatoms. The van der Waals surface area contributed by atoms with Crippen molar-refractivity contribution in [3.63, 3.8) is 0 Å². The second-order valence-electron chi connectivity index (χ2n) is 6.76. The van der Waals surface area contributed by atoms with Gasteiger partial charge in [-0.2, -0.15) is 0 Å². The highest BCUT2D eigenvalue weighted by Gasteiger charge is 2.17. The molecule has 0 aliphatic rings. The van der Waals surface area contributed by atoms with E-state index < -0.39 is 5.97 Å². The Morgan fingerprint density at radius 2 is 2.04 bits per heavy atom. The first-order chi connectivity index (χ1) is 12.4. The van der Waals surface area contributed by atoms with Crippen LogP contribution in [0.25, 0.3) is 11.0 Å². The molecule has 0 atom stereocenters. The number of methoxy groups -OCH3 is 1. The minimum absolute atomic E-state index is 0.122. The Morgan fingerprint density at radius 1 is 1.27 bits per heavy atom. The molecule has 0 bridgehead atoms. The van der Waals surface area contributed by atoms with Gasteiger partial charge in [0.05, 0.1) is 35.9 Å². The Labute approximate surface area is 151 Å². The van der Waals surface area contributed by atoms with Crippen molar-refractivity contribution in [3.8, 4) is 0 Å². The highest BCUT2D eigenvalue weighted by atomic mass is 16.5. The molecule has 3 aromatic rings. The Morgan fingerprint density at radius 3 is 2.65 bits per heavy atom. The van der Waals surface area contributed by atoms with Crippen LogP contribution >= 0.6 is 0 Å². The molecule has 0 saturated carbocycles. The zero-order valence-electron chi connectivity index (χ0n) is 15.5. The molecule has 1 aromatic carbocycles. The van der Waals surface area contributed by atoms with Gasteiger partial charge in [0.2, 0.25) is 0 Å². The van der Waals surface area contributed by atoms with Gasteiger partial charge >= 0.3 is 11.7 Å². The van der Waals surface area contributed by atoms with E-state index in [1.807, 2.05) is 0 Å². The van der Waals surface area contributed by atoms with Crippen LogP contribution in [0.15, 0.2) is 33.7 Å². The average molecular weight is 357 g/mol. The van der Waals surface area contributed by atoms with Crippen LogP contribution in [0.5, 0.6) is 0 Å². The van der Waals surface area contributed by atoms with Gasteiger partial charge in [0, 0.05) is 13.5 Å². The molecule has 0 spiro atoms. The van der Waals surface area contributed by atoms with Crippen LogP contribution in [0.4, 0.5) is 0 Å². The molecule has 0 aliphatic heterocycles. The van der Waals surface area contributed by atoms with Gasteiger partial charge in [0.15, 0.2) is 5.89 Å². The Bertz CT molecular complexity index is 994. The number of benzene rings is 1. The van der Waals surface area contributed by atoms with Gasteiger partial charge in [-0.25, -0.2) is 14.6 Å². The van der Waals surface area contributed by atoms with Crippen LogP contribution in [-0.2, 0) is 17.8 Å². The molecule has 0 amide bonds. The number of fused-ring (bicyclic) bond motifs is 1. The van der Waals surface area contributed by atoms with E-state index in [1.54, 1.807) is 40.5 Å². The predicted molar refractivity (Wildman–Crippen MR) is 97.3 cm³/mol. The number of aromatic nitrogens is 3. The van der Waals surface area contributed by atoms with Crippen molar-refractivity contribution in [2.45, 2.75) is 40.3 Å². The van der Waals surface area contributed by atoms with Crippen molar-refractivity contribution in [3.05, 3.63) is 52.1 Å². The number of oxazole rings is 1. The van der Waals surface area contributed by atoms with Crippen LogP contribution in [0.2, 0.25) is 0 Å². The van der Waals surface area contributed by atoms with Crippen molar-refractivity contribution >= 4 is 17.0 Å². The number of carbonyl (C=O) groups excluding carboxylic acids is 1. The fraction of sp³-hybridized carbons (Fsp3) is 0.421. The van der Waals surface area contributed by atoms with E-state index in [1.165, 1.54) is 7.11 Å². The largest absolute Gasteiger partial charge is 0.465 e. The molecule has 2 aromatic heterocycles. The Balaban J connectivity index is 2.13. The topological polar surface area (TPSA) is 79.3 Å². The van der Waals surface area contributed by atoms with Gasteiger partial charge in [-0.3, -0.25) is 9.13 Å². The molecule has 2 heterocycles. The van der Waals surface area contributed by atoms with Crippen LogP contribution in [0.3, 0.4) is 0 Å². The molecule has 26 heavy (non-hydrogen) atoms. The van der Waals surface area contributed by atoms with Crippen molar-refractivity contribution in [2.75, 3.05) is 7.11 Å². The van der Waals surface area contributed by atoms with E-state index in [-0.39, 0.29) is 12.2 Å². The number of ether oxygens (including phenoxy) is 1. The second kappa shape index (κ2) is 7.19. The molecule has 0 saturated heterocycles. The maximum absolute atomic E-state index is 13.0. The summed E-state index contributed by atoms with van der Waals surface area (Å²) in [6, 6.07) is 5.18. The Hall–Kier alpha value is -2.83. The summed E-state index contributed by atoms with van der Waals surface area (Å²) in [6.07, 6.45) is 2.43. The van der Waals surface area contributed by atoms with Crippen molar-refractivity contribution in [1.29, 1.82) is 0 Å². The standard InChI is InChI=1S/C19H23N3O4/c1-12(2)7-8-21-16-6-5-14(18(23)25-4)9-17(16)22(19(21)24)10-15-11-26-13(3)20-15/h5-6,9,11-12H,7-8,10H2,1-4H3. The highest BCUT2D eigenvalue weighted by molar-refractivity contribution is 5.93. The lowest BCUT2D eigenvalue weighted by molar-refractivity contribution is 0.0601. The van der Waals surface area contributed by atoms with E-state index in [0.29, 0.717) is 35.1 Å². The summed E-state index contributed by atoms with van der Waals surface area (Å²) in [5, 5.41) is 0. The smallest absolute Gasteiger partial charge is 0.337 e. The van der Waals surface area contributed by atoms with Crippen LogP contribution in [0, 0.1) is 12.8 Å². The maximum atomic E-state index is 13.0. The van der Waals surface area contributed by atoms with Gasteiger partial charge in [0.1, 0.15) is 6.26 Å². The van der Waals surface area contributed by atoms with Crippen molar-refractivity contribution in [2.24, 2.45) is 5.92 Å². The fourth-order valence-electron chi connectivity index (χ4n) is 2.96. The Kier molecular flexibility index (Phi) is 4.97. The van der Waals surface area contributed by atoms with Crippen molar-refractivity contribution in [1.82, 2.24) is 14.1 Å². The number of esters is 1. The molecule has 0 radical (unpaired) electrons. The number of carbonyl (C=O) groups is 1. The van der Waals surface area contributed by atoms with E-state index in [4.69, 9.17) is 9.15 Å². The number of nitrogens with zero attached hydrogens (tertiary/aromatic N) is 3. The molecular formula is C19H23N3O4. The van der Waals surface area contributed by atoms with E-state index in [2.05, 4.69) is 18.8 Å². The monoisotopic (exact) mass is 357 g/mol. The highest BCUT2D eigenvalue weighted by Crippen LogP contribution is 2.19. The molecule has 0 unspecified atom stereocenters. The first-order valence-electron chi connectivity index (χ1n) is 8.63. The normalized spacial score (nSPS) is 11.4. The van der Waals surface area contributed by atoms with Gasteiger partial charge in [-0.15, -0.1) is 0 Å². The van der Waals surface area contributed by atoms with Gasteiger partial charge in [-0.1, -0.05) is 13.8 Å². The lowest BCUT2D eigenvalue weighted by atomic mass is 10.1. The summed E-state index contributed by atoms with van der Waals surface area (Å²) in [4.78, 5) is 29.2. The molecule has 3 rings (SSSR count). The summed E-state index contributed by atoms with van der Waals surface area (Å²) in [5.74, 6) is 0.595. The molecule has 0 N–H and O–H groups in total. The molecule has 0 aliphatic carbocycles. The zero-order chi connectivity index (χ0) is 18.8. The maximum Gasteiger partial charge on any atom is 0.337 e. The predicted octanol–water partition coefficient (Wildman–Crippen LogP) is 2.98. The summed E-state index contributed by atoms with van der Waals surface area (Å²) >= 11 is 0. The number of imidazole rings is 1. The minimum atomic E-state index is -0.432. The second-order valence-corrected chi connectivity index (χ2v) is 6.76. The molecular weight excluding hydrogens is 334 g/mol. The SMILES string of the molecule is COC(=O)c1ccc2c(c1)n(Cc1coc(C)n1)c(=O)n2CCC(C)C. The number of aryl methyl sites for hydroxylation is 2.